The van der Waals surface area contributed by atoms with Gasteiger partial charge in [-0.2, -0.15) is 0 Å². The van der Waals surface area contributed by atoms with E-state index >= 15 is 0 Å². The van der Waals surface area contributed by atoms with Gasteiger partial charge in [0.25, 0.3) is 17.7 Å². The van der Waals surface area contributed by atoms with E-state index in [1.807, 2.05) is 13.8 Å². The third-order valence-corrected chi connectivity index (χ3v) is 6.07. The molecule has 188 valence electrons. The molecule has 1 aliphatic heterocycles. The molecule has 0 fully saturated rings. The van der Waals surface area contributed by atoms with E-state index in [1.165, 1.54) is 25.5 Å². The number of imide groups is 1. The van der Waals surface area contributed by atoms with Crippen molar-refractivity contribution in [2.75, 3.05) is 31.0 Å². The van der Waals surface area contributed by atoms with Crippen LogP contribution < -0.4 is 14.8 Å². The number of amides is 3. The van der Waals surface area contributed by atoms with Crippen molar-refractivity contribution in [1.29, 1.82) is 0 Å². The van der Waals surface area contributed by atoms with Crippen molar-refractivity contribution in [2.24, 2.45) is 5.92 Å². The van der Waals surface area contributed by atoms with Crippen LogP contribution in [0.4, 0.5) is 10.1 Å². The maximum absolute atomic E-state index is 14.8. The molecule has 0 radical (unpaired) electrons. The molecule has 1 aliphatic rings. The lowest BCUT2D eigenvalue weighted by molar-refractivity contribution is -0.116. The molecule has 2 unspecified atom stereocenters. The highest BCUT2D eigenvalue weighted by atomic mass is 32.2. The third-order valence-electron chi connectivity index (χ3n) is 5.28. The molecule has 3 amide bonds. The number of ether oxygens (including phenoxy) is 2. The lowest BCUT2D eigenvalue weighted by Crippen LogP contribution is -2.37. The number of benzene rings is 1. The van der Waals surface area contributed by atoms with Gasteiger partial charge in [0.2, 0.25) is 5.91 Å². The van der Waals surface area contributed by atoms with Gasteiger partial charge in [0.1, 0.15) is 5.82 Å². The predicted molar refractivity (Wildman–Crippen MR) is 129 cm³/mol. The number of methoxy groups -OCH3 is 1. The molecule has 2 aromatic rings. The first-order chi connectivity index (χ1) is 16.6. The molecule has 0 bridgehead atoms. The molecule has 9 nitrogen and oxygen atoms in total. The number of hydrogen-bond donors (Lipinski definition) is 1. The Balaban J connectivity index is 2.08. The van der Waals surface area contributed by atoms with Crippen LogP contribution in [0.3, 0.4) is 0 Å². The van der Waals surface area contributed by atoms with Crippen LogP contribution in [0.5, 0.6) is 11.6 Å². The number of halogens is 1. The van der Waals surface area contributed by atoms with Gasteiger partial charge in [0, 0.05) is 29.2 Å². The zero-order chi connectivity index (χ0) is 25.9. The van der Waals surface area contributed by atoms with Crippen LogP contribution in [-0.4, -0.2) is 57.5 Å². The molecule has 0 aliphatic carbocycles. The van der Waals surface area contributed by atoms with Gasteiger partial charge in [-0.05, 0) is 37.1 Å². The number of hydrogen-bond acceptors (Lipinski definition) is 7. The van der Waals surface area contributed by atoms with Crippen LogP contribution in [0, 0.1) is 11.7 Å². The number of anilines is 1. The second kappa shape index (κ2) is 10.9. The molecule has 11 heteroatoms. The number of carbonyl (C=O) groups excluding carboxylic acids is 3. The van der Waals surface area contributed by atoms with Crippen LogP contribution in [0.15, 0.2) is 24.3 Å². The zero-order valence-electron chi connectivity index (χ0n) is 20.2. The average Bonchev–Trinajstić information content (AvgIpc) is 3.05. The number of pyridine rings is 1. The van der Waals surface area contributed by atoms with Crippen LogP contribution in [0.2, 0.25) is 0 Å². The van der Waals surface area contributed by atoms with Gasteiger partial charge < -0.3 is 14.8 Å². The molecule has 0 saturated heterocycles. The summed E-state index contributed by atoms with van der Waals surface area (Å²) in [4.78, 5) is 44.5. The summed E-state index contributed by atoms with van der Waals surface area (Å²) in [5, 5.41) is 2.62. The molecule has 0 spiro atoms. The molecule has 3 rings (SSSR count). The summed E-state index contributed by atoms with van der Waals surface area (Å²) in [5.74, 6) is -2.55. The van der Waals surface area contributed by atoms with Crippen molar-refractivity contribution >= 4 is 34.2 Å². The monoisotopic (exact) mass is 505 g/mol. The first-order valence-electron chi connectivity index (χ1n) is 11.1. The highest BCUT2D eigenvalue weighted by Crippen LogP contribution is 2.38. The Hall–Kier alpha value is -3.34. The van der Waals surface area contributed by atoms with Crippen molar-refractivity contribution in [3.05, 3.63) is 46.9 Å². The van der Waals surface area contributed by atoms with Gasteiger partial charge in [0.05, 0.1) is 42.3 Å². The summed E-state index contributed by atoms with van der Waals surface area (Å²) in [7, 11) is -0.00874. The fourth-order valence-electron chi connectivity index (χ4n) is 3.84. The Morgan fingerprint density at radius 2 is 1.86 bits per heavy atom. The molecule has 1 N–H and O–H groups in total. The average molecular weight is 506 g/mol. The van der Waals surface area contributed by atoms with Gasteiger partial charge in [-0.15, -0.1) is 0 Å². The SMILES string of the molecule is CCOc1nc(C(CS(C)=O)N2C(=O)c3c(F)ccc(NC(=O)CC(C)C)c3C2=O)ccc1OC. The standard InChI is InChI=1S/C24H28FN3O6S/c1-6-34-22-18(33-4)10-9-15(27-22)17(12-35(5)32)28-23(30)20-14(25)7-8-16(21(20)24(28)31)26-19(29)11-13(2)3/h7-10,13,17H,6,11-12H2,1-5H3,(H,26,29). The van der Waals surface area contributed by atoms with Crippen molar-refractivity contribution in [2.45, 2.75) is 33.2 Å². The lowest BCUT2D eigenvalue weighted by atomic mass is 10.1. The topological polar surface area (TPSA) is 115 Å². The quantitative estimate of drug-likeness (QED) is 0.493. The molecule has 2 heterocycles. The van der Waals surface area contributed by atoms with E-state index in [4.69, 9.17) is 9.47 Å². The van der Waals surface area contributed by atoms with Crippen LogP contribution >= 0.6 is 0 Å². The Morgan fingerprint density at radius 1 is 1.17 bits per heavy atom. The largest absolute Gasteiger partial charge is 0.491 e. The van der Waals surface area contributed by atoms with Gasteiger partial charge >= 0.3 is 0 Å². The van der Waals surface area contributed by atoms with Crippen molar-refractivity contribution in [3.8, 4) is 11.6 Å². The molecule has 1 aromatic heterocycles. The van der Waals surface area contributed by atoms with Crippen LogP contribution in [0.25, 0.3) is 0 Å². The van der Waals surface area contributed by atoms with Crippen LogP contribution in [0.1, 0.15) is 59.6 Å². The minimum absolute atomic E-state index is 0.0435. The number of nitrogens with one attached hydrogen (secondary N) is 1. The normalized spacial score (nSPS) is 14.7. The van der Waals surface area contributed by atoms with Gasteiger partial charge in [-0.25, -0.2) is 9.37 Å². The molecule has 35 heavy (non-hydrogen) atoms. The van der Waals surface area contributed by atoms with E-state index in [9.17, 15) is 23.0 Å². The predicted octanol–water partition coefficient (Wildman–Crippen LogP) is 3.33. The highest BCUT2D eigenvalue weighted by Gasteiger charge is 2.45. The Kier molecular flexibility index (Phi) is 8.21. The Labute approximate surface area is 205 Å². The smallest absolute Gasteiger partial charge is 0.265 e. The molecular formula is C24H28FN3O6S. The van der Waals surface area contributed by atoms with E-state index in [1.54, 1.807) is 13.0 Å². The summed E-state index contributed by atoms with van der Waals surface area (Å²) < 4.78 is 37.8. The number of aromatic nitrogens is 1. The first-order valence-corrected chi connectivity index (χ1v) is 12.8. The number of nitrogens with zero attached hydrogens (tertiary/aromatic N) is 2. The molecule has 1 aromatic carbocycles. The lowest BCUT2D eigenvalue weighted by Gasteiger charge is -2.25. The van der Waals surface area contributed by atoms with E-state index in [-0.39, 0.29) is 53.4 Å². The summed E-state index contributed by atoms with van der Waals surface area (Å²) >= 11 is 0. The zero-order valence-corrected chi connectivity index (χ0v) is 21.0. The first kappa shape index (κ1) is 26.3. The third kappa shape index (κ3) is 5.50. The maximum atomic E-state index is 14.8. The summed E-state index contributed by atoms with van der Waals surface area (Å²) in [6.07, 6.45) is 1.61. The van der Waals surface area contributed by atoms with E-state index < -0.39 is 40.0 Å². The van der Waals surface area contributed by atoms with E-state index in [0.717, 1.165) is 11.0 Å². The van der Waals surface area contributed by atoms with Gasteiger partial charge in [0.15, 0.2) is 5.75 Å². The minimum atomic E-state index is -1.45. The number of carbonyl (C=O) groups is 3. The molecule has 2 atom stereocenters. The summed E-state index contributed by atoms with van der Waals surface area (Å²) in [6, 6.07) is 4.31. The van der Waals surface area contributed by atoms with Crippen molar-refractivity contribution < 1.29 is 32.5 Å². The Bertz CT molecular complexity index is 1190. The van der Waals surface area contributed by atoms with E-state index in [2.05, 4.69) is 10.3 Å². The van der Waals surface area contributed by atoms with Gasteiger partial charge in [-0.1, -0.05) is 13.8 Å². The van der Waals surface area contributed by atoms with Crippen molar-refractivity contribution in [3.63, 3.8) is 0 Å². The van der Waals surface area contributed by atoms with Crippen molar-refractivity contribution in [1.82, 2.24) is 9.88 Å². The highest BCUT2D eigenvalue weighted by molar-refractivity contribution is 7.84. The van der Waals surface area contributed by atoms with Crippen LogP contribution in [-0.2, 0) is 15.6 Å². The second-order valence-electron chi connectivity index (χ2n) is 8.40. The summed E-state index contributed by atoms with van der Waals surface area (Å²) in [6.45, 7) is 5.76. The fourth-order valence-corrected chi connectivity index (χ4v) is 4.60. The summed E-state index contributed by atoms with van der Waals surface area (Å²) in [5.41, 5.74) is -0.410. The minimum Gasteiger partial charge on any atom is -0.491 e. The second-order valence-corrected chi connectivity index (χ2v) is 9.88. The fraction of sp³-hybridized carbons (Fsp3) is 0.417. The number of fused-ring (bicyclic) bond motifs is 1. The molecule has 0 saturated carbocycles. The Morgan fingerprint density at radius 3 is 2.46 bits per heavy atom. The number of rotatable bonds is 10. The van der Waals surface area contributed by atoms with E-state index in [0.29, 0.717) is 5.75 Å². The molecular weight excluding hydrogens is 477 g/mol. The maximum Gasteiger partial charge on any atom is 0.265 e. The van der Waals surface area contributed by atoms with Gasteiger partial charge in [-0.3, -0.25) is 23.5 Å².